The maximum absolute atomic E-state index is 11.8. The normalized spacial score (nSPS) is 13.5. The van der Waals surface area contributed by atoms with Crippen LogP contribution in [0, 0.1) is 6.92 Å². The van der Waals surface area contributed by atoms with Crippen molar-refractivity contribution >= 4 is 15.8 Å². The van der Waals surface area contributed by atoms with Gasteiger partial charge < -0.3 is 9.67 Å². The van der Waals surface area contributed by atoms with Gasteiger partial charge in [-0.15, -0.1) is 0 Å². The number of hydrogen-bond acceptors (Lipinski definition) is 4. The number of aromatic nitrogens is 2. The predicted molar refractivity (Wildman–Crippen MR) is 62.5 cm³/mol. The summed E-state index contributed by atoms with van der Waals surface area (Å²) in [5.41, 5.74) is 0. The Morgan fingerprint density at radius 3 is 2.65 bits per heavy atom. The van der Waals surface area contributed by atoms with Gasteiger partial charge in [-0.3, -0.25) is 4.79 Å². The summed E-state index contributed by atoms with van der Waals surface area (Å²) in [6.07, 6.45) is 3.34. The first kappa shape index (κ1) is 13.7. The maximum Gasteiger partial charge on any atom is 0.321 e. The van der Waals surface area contributed by atoms with E-state index in [4.69, 9.17) is 5.11 Å². The molecule has 0 amide bonds. The zero-order valence-corrected chi connectivity index (χ0v) is 10.6. The van der Waals surface area contributed by atoms with E-state index in [9.17, 15) is 13.2 Å². The molecule has 0 radical (unpaired) electrons. The van der Waals surface area contributed by atoms with E-state index in [0.29, 0.717) is 5.82 Å². The zero-order chi connectivity index (χ0) is 13.1. The van der Waals surface area contributed by atoms with Crippen LogP contribution in [0.1, 0.15) is 19.2 Å². The van der Waals surface area contributed by atoms with Gasteiger partial charge in [-0.05, 0) is 13.3 Å². The largest absolute Gasteiger partial charge is 0.480 e. The Balaban J connectivity index is 2.74. The van der Waals surface area contributed by atoms with E-state index in [1.165, 1.54) is 0 Å². The molecule has 6 nitrogen and oxygen atoms in total. The highest BCUT2D eigenvalue weighted by atomic mass is 32.2. The zero-order valence-electron chi connectivity index (χ0n) is 9.83. The molecule has 17 heavy (non-hydrogen) atoms. The lowest BCUT2D eigenvalue weighted by molar-refractivity contribution is -0.136. The molecule has 1 unspecified atom stereocenters. The molecule has 1 heterocycles. The number of carboxylic acid groups (broad SMARTS) is 1. The van der Waals surface area contributed by atoms with Gasteiger partial charge in [-0.25, -0.2) is 13.4 Å². The molecule has 0 saturated carbocycles. The Bertz CT molecular complexity index is 492. The number of nitrogens with zero attached hydrogens (tertiary/aromatic N) is 2. The van der Waals surface area contributed by atoms with Crippen molar-refractivity contribution in [2.75, 3.05) is 5.75 Å². The van der Waals surface area contributed by atoms with Crippen molar-refractivity contribution in [3.05, 3.63) is 18.2 Å². The van der Waals surface area contributed by atoms with Gasteiger partial charge in [0.2, 0.25) is 0 Å². The molecule has 0 spiro atoms. The van der Waals surface area contributed by atoms with E-state index >= 15 is 0 Å². The molecule has 0 aliphatic rings. The molecule has 7 heteroatoms. The van der Waals surface area contributed by atoms with Crippen LogP contribution in [-0.4, -0.2) is 40.0 Å². The summed E-state index contributed by atoms with van der Waals surface area (Å²) in [5, 5.41) is 7.51. The number of imidazole rings is 1. The quantitative estimate of drug-likeness (QED) is 0.803. The van der Waals surface area contributed by atoms with Gasteiger partial charge in [0.1, 0.15) is 5.82 Å². The van der Waals surface area contributed by atoms with Crippen LogP contribution in [0.3, 0.4) is 0 Å². The molecule has 0 bridgehead atoms. The van der Waals surface area contributed by atoms with Gasteiger partial charge >= 0.3 is 5.97 Å². The molecule has 1 N–H and O–H groups in total. The first-order valence-electron chi connectivity index (χ1n) is 5.30. The fourth-order valence-corrected chi connectivity index (χ4v) is 3.14. The third-order valence-corrected chi connectivity index (χ3v) is 4.77. The van der Waals surface area contributed by atoms with Crippen molar-refractivity contribution in [2.24, 2.45) is 0 Å². The topological polar surface area (TPSA) is 89.3 Å². The monoisotopic (exact) mass is 260 g/mol. The Morgan fingerprint density at radius 2 is 2.24 bits per heavy atom. The van der Waals surface area contributed by atoms with E-state index in [-0.39, 0.29) is 18.7 Å². The number of hydrogen-bond donors (Lipinski definition) is 1. The second-order valence-electron chi connectivity index (χ2n) is 3.77. The summed E-state index contributed by atoms with van der Waals surface area (Å²) in [5.74, 6) is -0.756. The number of sulfone groups is 1. The number of carboxylic acids is 1. The lowest BCUT2D eigenvalue weighted by Gasteiger charge is -2.12. The third-order valence-electron chi connectivity index (χ3n) is 2.62. The van der Waals surface area contributed by atoms with Crippen LogP contribution in [0.4, 0.5) is 0 Å². The molecule has 1 aromatic rings. The van der Waals surface area contributed by atoms with Crippen LogP contribution < -0.4 is 0 Å². The molecule has 1 rings (SSSR count). The van der Waals surface area contributed by atoms with Crippen molar-refractivity contribution < 1.29 is 18.3 Å². The first-order chi connectivity index (χ1) is 7.88. The Kier molecular flexibility index (Phi) is 4.28. The lowest BCUT2D eigenvalue weighted by atomic mass is 10.3. The summed E-state index contributed by atoms with van der Waals surface area (Å²) < 4.78 is 25.3. The second kappa shape index (κ2) is 5.31. The molecule has 0 aromatic carbocycles. The molecule has 0 aliphatic heterocycles. The van der Waals surface area contributed by atoms with Crippen LogP contribution in [0.25, 0.3) is 0 Å². The van der Waals surface area contributed by atoms with Crippen molar-refractivity contribution in [3.63, 3.8) is 0 Å². The van der Waals surface area contributed by atoms with E-state index in [1.807, 2.05) is 0 Å². The molecule has 96 valence electrons. The van der Waals surface area contributed by atoms with E-state index in [0.717, 1.165) is 0 Å². The maximum atomic E-state index is 11.8. The average molecular weight is 260 g/mol. The molecular weight excluding hydrogens is 244 g/mol. The smallest absolute Gasteiger partial charge is 0.321 e. The summed E-state index contributed by atoms with van der Waals surface area (Å²) in [6, 6.07) is 0. The Hall–Kier alpha value is -1.37. The molecule has 1 atom stereocenters. The van der Waals surface area contributed by atoms with Gasteiger partial charge in [-0.2, -0.15) is 0 Å². The van der Waals surface area contributed by atoms with Crippen LogP contribution in [0.2, 0.25) is 0 Å². The van der Waals surface area contributed by atoms with Crippen LogP contribution in [0.5, 0.6) is 0 Å². The number of carbonyl (C=O) groups is 1. The van der Waals surface area contributed by atoms with E-state index in [1.54, 1.807) is 30.8 Å². The number of aryl methyl sites for hydroxylation is 2. The highest BCUT2D eigenvalue weighted by Crippen LogP contribution is 2.09. The van der Waals surface area contributed by atoms with Gasteiger partial charge in [0.15, 0.2) is 15.1 Å². The Labute approximate surface area is 100 Å². The van der Waals surface area contributed by atoms with Gasteiger partial charge in [0.05, 0.1) is 5.75 Å². The lowest BCUT2D eigenvalue weighted by Crippen LogP contribution is -2.32. The van der Waals surface area contributed by atoms with Crippen molar-refractivity contribution in [1.29, 1.82) is 0 Å². The van der Waals surface area contributed by atoms with Crippen molar-refractivity contribution in [1.82, 2.24) is 9.55 Å². The standard InChI is InChI=1S/C10H16N2O4S/c1-3-9(10(13)14)17(15,16)7-6-12-5-4-11-8(12)2/h4-5,9H,3,6-7H2,1-2H3,(H,13,14). The van der Waals surface area contributed by atoms with E-state index in [2.05, 4.69) is 4.98 Å². The van der Waals surface area contributed by atoms with Gasteiger partial charge in [0.25, 0.3) is 0 Å². The second-order valence-corrected chi connectivity index (χ2v) is 6.07. The highest BCUT2D eigenvalue weighted by Gasteiger charge is 2.30. The molecule has 1 aromatic heterocycles. The molecular formula is C10H16N2O4S. The fraction of sp³-hybridized carbons (Fsp3) is 0.600. The number of aliphatic carboxylic acids is 1. The van der Waals surface area contributed by atoms with Crippen LogP contribution in [-0.2, 0) is 21.2 Å². The van der Waals surface area contributed by atoms with Crippen molar-refractivity contribution in [2.45, 2.75) is 32.1 Å². The summed E-state index contributed by atoms with van der Waals surface area (Å²) in [4.78, 5) is 14.8. The highest BCUT2D eigenvalue weighted by molar-refractivity contribution is 7.92. The van der Waals surface area contributed by atoms with E-state index < -0.39 is 21.1 Å². The van der Waals surface area contributed by atoms with Crippen LogP contribution >= 0.6 is 0 Å². The molecule has 0 fully saturated rings. The minimum absolute atomic E-state index is 0.0839. The third kappa shape index (κ3) is 3.29. The van der Waals surface area contributed by atoms with Gasteiger partial charge in [0, 0.05) is 18.9 Å². The summed E-state index contributed by atoms with van der Waals surface area (Å²) in [7, 11) is -3.61. The average Bonchev–Trinajstić information content (AvgIpc) is 2.61. The SMILES string of the molecule is CCC(C(=O)O)S(=O)(=O)CCn1ccnc1C. The summed E-state index contributed by atoms with van der Waals surface area (Å²) in [6.45, 7) is 3.55. The fourth-order valence-electron chi connectivity index (χ4n) is 1.59. The van der Waals surface area contributed by atoms with Gasteiger partial charge in [-0.1, -0.05) is 6.92 Å². The summed E-state index contributed by atoms with van der Waals surface area (Å²) >= 11 is 0. The number of rotatable bonds is 6. The van der Waals surface area contributed by atoms with Crippen LogP contribution in [0.15, 0.2) is 12.4 Å². The minimum atomic E-state index is -3.61. The van der Waals surface area contributed by atoms with Crippen molar-refractivity contribution in [3.8, 4) is 0 Å². The predicted octanol–water partition coefficient (Wildman–Crippen LogP) is 0.470. The molecule has 0 saturated heterocycles. The first-order valence-corrected chi connectivity index (χ1v) is 7.02. The minimum Gasteiger partial charge on any atom is -0.480 e. The molecule has 0 aliphatic carbocycles. The Morgan fingerprint density at radius 1 is 1.59 bits per heavy atom.